The molecule has 3 heteroatoms. The summed E-state index contributed by atoms with van der Waals surface area (Å²) in [6.07, 6.45) is 1.00. The highest BCUT2D eigenvalue weighted by molar-refractivity contribution is 6.32. The monoisotopic (exact) mass is 301 g/mol. The summed E-state index contributed by atoms with van der Waals surface area (Å²) < 4.78 is 6.21. The van der Waals surface area contributed by atoms with Gasteiger partial charge in [-0.25, -0.2) is 0 Å². The van der Waals surface area contributed by atoms with Crippen molar-refractivity contribution in [3.05, 3.63) is 64.2 Å². The number of benzene rings is 2. The molecule has 0 aromatic heterocycles. The van der Waals surface area contributed by atoms with Gasteiger partial charge in [-0.1, -0.05) is 48.9 Å². The van der Waals surface area contributed by atoms with Crippen LogP contribution in [0.3, 0.4) is 0 Å². The fraction of sp³-hybridized carbons (Fsp3) is 0.333. The minimum absolute atomic E-state index is 0.0857. The number of nitrogens with one attached hydrogen (secondary N) is 1. The van der Waals surface area contributed by atoms with E-state index >= 15 is 0 Å². The van der Waals surface area contributed by atoms with Gasteiger partial charge >= 0.3 is 0 Å². The van der Waals surface area contributed by atoms with Crippen LogP contribution in [0.4, 0.5) is 0 Å². The van der Waals surface area contributed by atoms with Crippen LogP contribution in [0.25, 0.3) is 0 Å². The molecule has 0 bridgehead atoms. The lowest BCUT2D eigenvalue weighted by atomic mass is 10.1. The van der Waals surface area contributed by atoms with Crippen molar-refractivity contribution in [1.82, 2.24) is 5.32 Å². The normalized spacial score (nSPS) is 20.3. The number of likely N-dealkylation sites (N-methyl/N-ethyl adjacent to an activating group) is 1. The Morgan fingerprint density at radius 1 is 1.24 bits per heavy atom. The summed E-state index contributed by atoms with van der Waals surface area (Å²) in [5, 5.41) is 4.22. The van der Waals surface area contributed by atoms with Gasteiger partial charge in [-0.05, 0) is 42.3 Å². The molecule has 0 aliphatic heterocycles. The van der Waals surface area contributed by atoms with Crippen LogP contribution in [0.15, 0.2) is 42.5 Å². The lowest BCUT2D eigenvalue weighted by molar-refractivity contribution is 0.168. The van der Waals surface area contributed by atoms with Gasteiger partial charge in [0, 0.05) is 6.42 Å². The van der Waals surface area contributed by atoms with Crippen molar-refractivity contribution in [3.63, 3.8) is 0 Å². The quantitative estimate of drug-likeness (QED) is 0.909. The van der Waals surface area contributed by atoms with Crippen LogP contribution in [-0.4, -0.2) is 12.6 Å². The van der Waals surface area contributed by atoms with E-state index in [1.807, 2.05) is 25.1 Å². The van der Waals surface area contributed by atoms with Crippen LogP contribution in [0.5, 0.6) is 5.75 Å². The molecule has 0 saturated heterocycles. The maximum atomic E-state index is 6.30. The summed E-state index contributed by atoms with van der Waals surface area (Å²) in [7, 11) is 0. The molecule has 110 valence electrons. The number of ether oxygens (including phenoxy) is 1. The number of aryl methyl sites for hydroxylation is 1. The van der Waals surface area contributed by atoms with E-state index in [0.717, 1.165) is 24.3 Å². The number of hydrogen-bond acceptors (Lipinski definition) is 2. The van der Waals surface area contributed by atoms with Gasteiger partial charge in [0.25, 0.3) is 0 Å². The van der Waals surface area contributed by atoms with Crippen LogP contribution in [0, 0.1) is 6.92 Å². The fourth-order valence-corrected chi connectivity index (χ4v) is 3.27. The Hall–Kier alpha value is -1.51. The molecule has 1 aliphatic carbocycles. The molecule has 0 heterocycles. The second-order valence-corrected chi connectivity index (χ2v) is 5.94. The number of fused-ring (bicyclic) bond motifs is 1. The third-order valence-corrected chi connectivity index (χ3v) is 4.27. The van der Waals surface area contributed by atoms with E-state index in [2.05, 4.69) is 36.5 Å². The molecule has 0 spiro atoms. The molecule has 2 aromatic carbocycles. The molecular weight excluding hydrogens is 282 g/mol. The number of hydrogen-bond donors (Lipinski definition) is 1. The van der Waals surface area contributed by atoms with Crippen molar-refractivity contribution in [2.45, 2.75) is 32.4 Å². The summed E-state index contributed by atoms with van der Waals surface area (Å²) in [6.45, 7) is 5.07. The Balaban J connectivity index is 1.85. The smallest absolute Gasteiger partial charge is 0.138 e. The highest BCUT2D eigenvalue weighted by Crippen LogP contribution is 2.36. The minimum atomic E-state index is 0.0857. The van der Waals surface area contributed by atoms with Gasteiger partial charge < -0.3 is 10.1 Å². The lowest BCUT2D eigenvalue weighted by Crippen LogP contribution is -2.32. The summed E-state index contributed by atoms with van der Waals surface area (Å²) in [5.41, 5.74) is 3.84. The average Bonchev–Trinajstić information content (AvgIpc) is 2.81. The fourth-order valence-electron chi connectivity index (χ4n) is 2.99. The van der Waals surface area contributed by atoms with Gasteiger partial charge in [0.15, 0.2) is 0 Å². The average molecular weight is 302 g/mol. The zero-order chi connectivity index (χ0) is 14.8. The maximum Gasteiger partial charge on any atom is 0.138 e. The van der Waals surface area contributed by atoms with E-state index < -0.39 is 0 Å². The molecular formula is C18H20ClNO. The van der Waals surface area contributed by atoms with Gasteiger partial charge in [-0.15, -0.1) is 0 Å². The molecule has 1 N–H and O–H groups in total. The number of halogens is 1. The topological polar surface area (TPSA) is 21.3 Å². The van der Waals surface area contributed by atoms with Crippen LogP contribution in [0.1, 0.15) is 29.7 Å². The van der Waals surface area contributed by atoms with Crippen molar-refractivity contribution >= 4 is 11.6 Å². The molecule has 2 unspecified atom stereocenters. The van der Waals surface area contributed by atoms with Gasteiger partial charge in [0.05, 0.1) is 11.1 Å². The SMILES string of the molecule is CCNC1c2ccccc2CC1Oc1ccc(C)cc1Cl. The van der Waals surface area contributed by atoms with E-state index in [1.165, 1.54) is 11.1 Å². The third-order valence-electron chi connectivity index (χ3n) is 3.97. The Kier molecular flexibility index (Phi) is 4.18. The predicted octanol–water partition coefficient (Wildman–Crippen LogP) is 4.30. The minimum Gasteiger partial charge on any atom is -0.487 e. The van der Waals surface area contributed by atoms with Crippen molar-refractivity contribution in [2.24, 2.45) is 0 Å². The van der Waals surface area contributed by atoms with Crippen LogP contribution in [0.2, 0.25) is 5.02 Å². The lowest BCUT2D eigenvalue weighted by Gasteiger charge is -2.23. The first-order valence-electron chi connectivity index (χ1n) is 7.43. The maximum absolute atomic E-state index is 6.30. The predicted molar refractivity (Wildman–Crippen MR) is 87.2 cm³/mol. The van der Waals surface area contributed by atoms with Crippen molar-refractivity contribution in [3.8, 4) is 5.75 Å². The summed E-state index contributed by atoms with van der Waals surface area (Å²) in [5.74, 6) is 0.767. The van der Waals surface area contributed by atoms with Crippen LogP contribution < -0.4 is 10.1 Å². The van der Waals surface area contributed by atoms with Gasteiger partial charge in [0.1, 0.15) is 11.9 Å². The Morgan fingerprint density at radius 2 is 2.05 bits per heavy atom. The van der Waals surface area contributed by atoms with Crippen molar-refractivity contribution in [1.29, 1.82) is 0 Å². The van der Waals surface area contributed by atoms with E-state index in [9.17, 15) is 0 Å². The molecule has 0 radical (unpaired) electrons. The van der Waals surface area contributed by atoms with Crippen LogP contribution >= 0.6 is 11.6 Å². The third kappa shape index (κ3) is 2.92. The summed E-state index contributed by atoms with van der Waals surface area (Å²) in [6, 6.07) is 14.7. The summed E-state index contributed by atoms with van der Waals surface area (Å²) >= 11 is 6.30. The van der Waals surface area contributed by atoms with Crippen molar-refractivity contribution < 1.29 is 4.74 Å². The number of rotatable bonds is 4. The van der Waals surface area contributed by atoms with Gasteiger partial charge in [0.2, 0.25) is 0 Å². The van der Waals surface area contributed by atoms with Crippen LogP contribution in [-0.2, 0) is 6.42 Å². The zero-order valence-electron chi connectivity index (χ0n) is 12.4. The molecule has 0 fully saturated rings. The molecule has 2 nitrogen and oxygen atoms in total. The zero-order valence-corrected chi connectivity index (χ0v) is 13.2. The van der Waals surface area contributed by atoms with Gasteiger partial charge in [-0.3, -0.25) is 0 Å². The highest BCUT2D eigenvalue weighted by atomic mass is 35.5. The first-order valence-corrected chi connectivity index (χ1v) is 7.81. The Bertz CT molecular complexity index is 641. The van der Waals surface area contributed by atoms with Crippen molar-refractivity contribution in [2.75, 3.05) is 6.54 Å². The largest absolute Gasteiger partial charge is 0.487 e. The molecule has 1 aliphatic rings. The summed E-state index contributed by atoms with van der Waals surface area (Å²) in [4.78, 5) is 0. The van der Waals surface area contributed by atoms with E-state index in [4.69, 9.17) is 16.3 Å². The molecule has 0 amide bonds. The second kappa shape index (κ2) is 6.08. The standard InChI is InChI=1S/C18H20ClNO/c1-3-20-18-14-7-5-4-6-13(14)11-17(18)21-16-9-8-12(2)10-15(16)19/h4-10,17-18,20H,3,11H2,1-2H3. The first-order chi connectivity index (χ1) is 10.2. The second-order valence-electron chi connectivity index (χ2n) is 5.53. The van der Waals surface area contributed by atoms with E-state index in [-0.39, 0.29) is 12.1 Å². The van der Waals surface area contributed by atoms with E-state index in [0.29, 0.717) is 5.02 Å². The molecule has 2 aromatic rings. The molecule has 2 atom stereocenters. The van der Waals surface area contributed by atoms with Gasteiger partial charge in [-0.2, -0.15) is 0 Å². The molecule has 3 rings (SSSR count). The Morgan fingerprint density at radius 3 is 2.81 bits per heavy atom. The highest BCUT2D eigenvalue weighted by Gasteiger charge is 2.33. The van der Waals surface area contributed by atoms with E-state index in [1.54, 1.807) is 0 Å². The molecule has 21 heavy (non-hydrogen) atoms. The molecule has 0 saturated carbocycles. The first kappa shape index (κ1) is 14.4. The Labute approximate surface area is 131 Å².